The molecule has 1 aromatic rings. The Morgan fingerprint density at radius 1 is 1.24 bits per heavy atom. The summed E-state index contributed by atoms with van der Waals surface area (Å²) in [5, 5.41) is 3.53. The average Bonchev–Trinajstić information content (AvgIpc) is 2.47. The van der Waals surface area contributed by atoms with Gasteiger partial charge in [0.2, 0.25) is 0 Å². The predicted octanol–water partition coefficient (Wildman–Crippen LogP) is 4.39. The maximum Gasteiger partial charge on any atom is 0.417 e. The summed E-state index contributed by atoms with van der Waals surface area (Å²) in [4.78, 5) is 12.2. The van der Waals surface area contributed by atoms with Crippen LogP contribution in [-0.4, -0.2) is 17.3 Å². The van der Waals surface area contributed by atoms with Crippen LogP contribution in [0.15, 0.2) is 24.3 Å². The number of carbonyl (C=O) groups is 1. The van der Waals surface area contributed by atoms with Crippen LogP contribution < -0.4 is 5.32 Å². The van der Waals surface area contributed by atoms with Gasteiger partial charge in [0.15, 0.2) is 0 Å². The van der Waals surface area contributed by atoms with Gasteiger partial charge in [-0.15, -0.1) is 0 Å². The molecule has 2 rings (SSSR count). The Kier molecular flexibility index (Phi) is 5.30. The molecular formula is C15H17BrF3NO. The highest BCUT2D eigenvalue weighted by Gasteiger charge is 2.35. The van der Waals surface area contributed by atoms with E-state index in [1.165, 1.54) is 18.2 Å². The van der Waals surface area contributed by atoms with Crippen molar-refractivity contribution < 1.29 is 18.0 Å². The predicted molar refractivity (Wildman–Crippen MR) is 78.5 cm³/mol. The zero-order valence-electron chi connectivity index (χ0n) is 11.4. The normalized spacial score (nSPS) is 22.9. The van der Waals surface area contributed by atoms with Crippen molar-refractivity contribution in [1.82, 2.24) is 5.32 Å². The lowest BCUT2D eigenvalue weighted by Crippen LogP contribution is -2.43. The zero-order valence-corrected chi connectivity index (χ0v) is 13.0. The van der Waals surface area contributed by atoms with Crippen molar-refractivity contribution in [2.75, 3.05) is 5.33 Å². The van der Waals surface area contributed by atoms with Gasteiger partial charge in [-0.25, -0.2) is 0 Å². The first-order valence-electron chi connectivity index (χ1n) is 6.96. The van der Waals surface area contributed by atoms with Gasteiger partial charge in [0.05, 0.1) is 11.1 Å². The van der Waals surface area contributed by atoms with E-state index in [4.69, 9.17) is 0 Å². The number of halogens is 4. The Bertz CT molecular complexity index is 504. The SMILES string of the molecule is O=C(NC1CCCCC1CBr)c1ccccc1C(F)(F)F. The van der Waals surface area contributed by atoms with Crippen LogP contribution in [0.4, 0.5) is 13.2 Å². The van der Waals surface area contributed by atoms with Gasteiger partial charge in [-0.2, -0.15) is 13.2 Å². The van der Waals surface area contributed by atoms with E-state index in [9.17, 15) is 18.0 Å². The third-order valence-electron chi connectivity index (χ3n) is 3.90. The number of hydrogen-bond acceptors (Lipinski definition) is 1. The fourth-order valence-corrected chi connectivity index (χ4v) is 3.53. The molecule has 0 saturated heterocycles. The van der Waals surface area contributed by atoms with Crippen LogP contribution in [-0.2, 0) is 6.18 Å². The zero-order chi connectivity index (χ0) is 15.5. The minimum absolute atomic E-state index is 0.0630. The summed E-state index contributed by atoms with van der Waals surface area (Å²) in [6.45, 7) is 0. The van der Waals surface area contributed by atoms with Gasteiger partial charge in [-0.05, 0) is 30.9 Å². The molecule has 21 heavy (non-hydrogen) atoms. The Morgan fingerprint density at radius 3 is 2.57 bits per heavy atom. The van der Waals surface area contributed by atoms with Gasteiger partial charge in [0, 0.05) is 11.4 Å². The number of alkyl halides is 4. The molecule has 1 aliphatic carbocycles. The summed E-state index contributed by atoms with van der Waals surface area (Å²) < 4.78 is 38.8. The third kappa shape index (κ3) is 3.99. The summed E-state index contributed by atoms with van der Waals surface area (Å²) in [6, 6.07) is 4.85. The molecular weight excluding hydrogens is 347 g/mol. The number of hydrogen-bond donors (Lipinski definition) is 1. The lowest BCUT2D eigenvalue weighted by atomic mass is 9.85. The van der Waals surface area contributed by atoms with E-state index in [2.05, 4.69) is 21.2 Å². The van der Waals surface area contributed by atoms with E-state index >= 15 is 0 Å². The molecule has 2 nitrogen and oxygen atoms in total. The fraction of sp³-hybridized carbons (Fsp3) is 0.533. The largest absolute Gasteiger partial charge is 0.417 e. The van der Waals surface area contributed by atoms with Crippen molar-refractivity contribution in [2.24, 2.45) is 5.92 Å². The second-order valence-electron chi connectivity index (χ2n) is 5.32. The molecule has 0 aromatic heterocycles. The second-order valence-corrected chi connectivity index (χ2v) is 5.97. The molecule has 1 fully saturated rings. The third-order valence-corrected chi connectivity index (χ3v) is 4.73. The average molecular weight is 364 g/mol. The van der Waals surface area contributed by atoms with Gasteiger partial charge in [0.1, 0.15) is 0 Å². The number of rotatable bonds is 3. The van der Waals surface area contributed by atoms with Gasteiger partial charge in [-0.3, -0.25) is 4.79 Å². The van der Waals surface area contributed by atoms with Gasteiger partial charge in [-0.1, -0.05) is 40.9 Å². The lowest BCUT2D eigenvalue weighted by molar-refractivity contribution is -0.137. The minimum atomic E-state index is -4.52. The monoisotopic (exact) mass is 363 g/mol. The Balaban J connectivity index is 2.17. The molecule has 0 bridgehead atoms. The van der Waals surface area contributed by atoms with E-state index in [1.807, 2.05) is 0 Å². The molecule has 0 heterocycles. The van der Waals surface area contributed by atoms with Gasteiger partial charge >= 0.3 is 6.18 Å². The first-order valence-corrected chi connectivity index (χ1v) is 8.08. The molecule has 6 heteroatoms. The molecule has 2 unspecified atom stereocenters. The van der Waals surface area contributed by atoms with Crippen LogP contribution in [0.5, 0.6) is 0 Å². The summed E-state index contributed by atoms with van der Waals surface area (Å²) in [5.41, 5.74) is -1.18. The highest BCUT2D eigenvalue weighted by atomic mass is 79.9. The van der Waals surface area contributed by atoms with Crippen LogP contribution in [0.25, 0.3) is 0 Å². The Labute approximate surface area is 130 Å². The number of nitrogens with one attached hydrogen (secondary N) is 1. The van der Waals surface area contributed by atoms with E-state index in [1.54, 1.807) is 0 Å². The van der Waals surface area contributed by atoms with E-state index < -0.39 is 17.6 Å². The quantitative estimate of drug-likeness (QED) is 0.792. The highest BCUT2D eigenvalue weighted by Crippen LogP contribution is 2.32. The first kappa shape index (κ1) is 16.3. The van der Waals surface area contributed by atoms with Gasteiger partial charge in [0.25, 0.3) is 5.91 Å². The summed E-state index contributed by atoms with van der Waals surface area (Å²) in [7, 11) is 0. The topological polar surface area (TPSA) is 29.1 Å². The molecule has 0 spiro atoms. The fourth-order valence-electron chi connectivity index (χ4n) is 2.76. The molecule has 116 valence electrons. The van der Waals surface area contributed by atoms with Crippen LogP contribution in [0.1, 0.15) is 41.6 Å². The van der Waals surface area contributed by atoms with E-state index in [0.29, 0.717) is 0 Å². The highest BCUT2D eigenvalue weighted by molar-refractivity contribution is 9.09. The van der Waals surface area contributed by atoms with Crippen molar-refractivity contribution in [3.05, 3.63) is 35.4 Å². The smallest absolute Gasteiger partial charge is 0.349 e. The molecule has 0 aliphatic heterocycles. The maximum absolute atomic E-state index is 12.9. The summed E-state index contributed by atoms with van der Waals surface area (Å²) in [5.74, 6) is -0.360. The van der Waals surface area contributed by atoms with Crippen molar-refractivity contribution in [2.45, 2.75) is 37.9 Å². The molecule has 2 atom stereocenters. The summed E-state index contributed by atoms with van der Waals surface area (Å²) in [6.07, 6.45) is -0.625. The molecule has 1 aromatic carbocycles. The van der Waals surface area contributed by atoms with E-state index in [0.717, 1.165) is 37.1 Å². The van der Waals surface area contributed by atoms with Crippen LogP contribution in [0, 0.1) is 5.92 Å². The molecule has 0 radical (unpaired) electrons. The van der Waals surface area contributed by atoms with Crippen molar-refractivity contribution >= 4 is 21.8 Å². The number of amides is 1. The first-order chi connectivity index (χ1) is 9.93. The minimum Gasteiger partial charge on any atom is -0.349 e. The molecule has 1 aliphatic rings. The van der Waals surface area contributed by atoms with E-state index in [-0.39, 0.29) is 17.5 Å². The Morgan fingerprint density at radius 2 is 1.90 bits per heavy atom. The van der Waals surface area contributed by atoms with Crippen molar-refractivity contribution in [3.8, 4) is 0 Å². The standard InChI is InChI=1S/C15H17BrF3NO/c16-9-10-5-1-4-8-13(10)20-14(21)11-6-2-3-7-12(11)15(17,18)19/h2-3,6-7,10,13H,1,4-5,8-9H2,(H,20,21). The van der Waals surface area contributed by atoms with Crippen LogP contribution in [0.3, 0.4) is 0 Å². The summed E-state index contributed by atoms with van der Waals surface area (Å²) >= 11 is 3.41. The lowest BCUT2D eigenvalue weighted by Gasteiger charge is -2.31. The molecule has 1 amide bonds. The number of carbonyl (C=O) groups excluding carboxylic acids is 1. The van der Waals surface area contributed by atoms with Crippen molar-refractivity contribution in [1.29, 1.82) is 0 Å². The Hall–Kier alpha value is -1.04. The second kappa shape index (κ2) is 6.81. The molecule has 1 saturated carbocycles. The van der Waals surface area contributed by atoms with Gasteiger partial charge < -0.3 is 5.32 Å². The van der Waals surface area contributed by atoms with Crippen LogP contribution in [0.2, 0.25) is 0 Å². The van der Waals surface area contributed by atoms with Crippen LogP contribution >= 0.6 is 15.9 Å². The van der Waals surface area contributed by atoms with Crippen molar-refractivity contribution in [3.63, 3.8) is 0 Å². The number of benzene rings is 1. The molecule has 1 N–H and O–H groups in total. The maximum atomic E-state index is 12.9.